The van der Waals surface area contributed by atoms with Gasteiger partial charge in [-0.1, -0.05) is 71.7 Å². The number of anilines is 2. The molecule has 0 saturated carbocycles. The summed E-state index contributed by atoms with van der Waals surface area (Å²) in [6.45, 7) is 1.43. The van der Waals surface area contributed by atoms with E-state index in [1.54, 1.807) is 30.1 Å². The molecule has 24 heteroatoms. The molecule has 19 nitrogen and oxygen atoms in total. The highest BCUT2D eigenvalue weighted by atomic mass is 35.5. The molecule has 2 aromatic carbocycles. The predicted molar refractivity (Wildman–Crippen MR) is 301 cm³/mol. The van der Waals surface area contributed by atoms with Crippen molar-refractivity contribution >= 4 is 106 Å². The zero-order valence-electron chi connectivity index (χ0n) is 41.2. The SMILES string of the molecule is CN1CCC(N)C1=O.CN1CCC(NC(=O)c2cnc(NNC(=S)NC3c4ccccc4CCc4ccncc43)c(Cl)c2)C1=O.Cl.O=C(O)c1cnc(NNC(=S)NC2c3ccccc3CCc3ccncc32)c(Cl)c1. The van der Waals surface area contributed by atoms with E-state index in [1.165, 1.54) is 46.8 Å². The van der Waals surface area contributed by atoms with Crippen molar-refractivity contribution in [3.8, 4) is 0 Å². The Morgan fingerprint density at radius 2 is 1.08 bits per heavy atom. The monoisotopic (exact) mass is 1120 g/mol. The van der Waals surface area contributed by atoms with Gasteiger partial charge in [-0.3, -0.25) is 46.1 Å². The predicted octanol–water partition coefficient (Wildman–Crippen LogP) is 5.87. The third-order valence-electron chi connectivity index (χ3n) is 13.1. The number of carboxylic acids is 1. The molecular formula is C52H55Cl3N14O5S2. The van der Waals surface area contributed by atoms with Crippen LogP contribution in [0.15, 0.2) is 110 Å². The lowest BCUT2D eigenvalue weighted by molar-refractivity contribution is -0.128. The minimum absolute atomic E-state index is 0. The second-order valence-corrected chi connectivity index (χ2v) is 19.6. The van der Waals surface area contributed by atoms with Gasteiger partial charge in [0.1, 0.15) is 6.04 Å². The molecule has 2 saturated heterocycles. The van der Waals surface area contributed by atoms with Gasteiger partial charge in [0, 0.05) is 75.5 Å². The van der Waals surface area contributed by atoms with Crippen molar-refractivity contribution < 1.29 is 24.3 Å². The summed E-state index contributed by atoms with van der Waals surface area (Å²) in [4.78, 5) is 66.5. The summed E-state index contributed by atoms with van der Waals surface area (Å²) in [6.07, 6.45) is 15.1. The first-order chi connectivity index (χ1) is 36.1. The summed E-state index contributed by atoms with van der Waals surface area (Å²) in [5.41, 5.74) is 26.6. The molecule has 4 aliphatic rings. The average Bonchev–Trinajstić information content (AvgIpc) is 3.75. The highest BCUT2D eigenvalue weighted by Gasteiger charge is 2.31. The van der Waals surface area contributed by atoms with Gasteiger partial charge in [-0.2, -0.15) is 0 Å². The van der Waals surface area contributed by atoms with Crippen LogP contribution in [-0.4, -0.2) is 108 Å². The molecule has 10 N–H and O–H groups in total. The van der Waals surface area contributed by atoms with Crippen LogP contribution in [0.1, 0.15) is 90.1 Å². The van der Waals surface area contributed by atoms with Crippen LogP contribution in [-0.2, 0) is 35.3 Å². The lowest BCUT2D eigenvalue weighted by atomic mass is 9.96. The number of aromatic nitrogens is 4. The van der Waals surface area contributed by atoms with Crippen molar-refractivity contribution in [3.05, 3.63) is 176 Å². The summed E-state index contributed by atoms with van der Waals surface area (Å²) in [5, 5.41) is 19.6. The van der Waals surface area contributed by atoms with Crippen LogP contribution >= 0.6 is 60.0 Å². The molecular weight excluding hydrogens is 1070 g/mol. The molecule has 0 radical (unpaired) electrons. The fraction of sp³-hybridized carbons (Fsp3) is 0.269. The lowest BCUT2D eigenvalue weighted by Gasteiger charge is -2.23. The molecule has 2 aliphatic heterocycles. The highest BCUT2D eigenvalue weighted by molar-refractivity contribution is 7.80. The fourth-order valence-corrected chi connectivity index (χ4v) is 9.80. The largest absolute Gasteiger partial charge is 0.478 e. The number of pyridine rings is 4. The maximum atomic E-state index is 12.6. The minimum atomic E-state index is -1.10. The van der Waals surface area contributed by atoms with E-state index in [0.29, 0.717) is 29.0 Å². The number of thiocarbonyl (C=S) groups is 2. The number of carboxylic acid groups (broad SMARTS) is 1. The van der Waals surface area contributed by atoms with Crippen molar-refractivity contribution in [1.82, 2.24) is 56.5 Å². The molecule has 6 heterocycles. The van der Waals surface area contributed by atoms with E-state index < -0.39 is 17.9 Å². The van der Waals surface area contributed by atoms with E-state index in [4.69, 9.17) is 58.5 Å². The van der Waals surface area contributed by atoms with Crippen LogP contribution in [0.5, 0.6) is 0 Å². The zero-order valence-corrected chi connectivity index (χ0v) is 45.1. The Morgan fingerprint density at radius 1 is 0.632 bits per heavy atom. The Kier molecular flexibility index (Phi) is 19.3. The fourth-order valence-electron chi connectivity index (χ4n) is 9.03. The van der Waals surface area contributed by atoms with Crippen molar-refractivity contribution in [1.29, 1.82) is 0 Å². The van der Waals surface area contributed by atoms with E-state index >= 15 is 0 Å². The molecule has 10 rings (SSSR count). The number of rotatable bonds is 9. The number of halogens is 3. The lowest BCUT2D eigenvalue weighted by Crippen LogP contribution is -2.41. The smallest absolute Gasteiger partial charge is 0.337 e. The average molecular weight is 1130 g/mol. The Balaban J connectivity index is 0.000000193. The Morgan fingerprint density at radius 3 is 1.50 bits per heavy atom. The number of amides is 3. The van der Waals surface area contributed by atoms with E-state index in [1.807, 2.05) is 55.0 Å². The minimum Gasteiger partial charge on any atom is -0.478 e. The normalized spacial score (nSPS) is 17.8. The molecule has 396 valence electrons. The number of carbonyl (C=O) groups is 4. The van der Waals surface area contributed by atoms with E-state index in [0.717, 1.165) is 60.9 Å². The topological polar surface area (TPSA) is 257 Å². The number of nitrogens with one attached hydrogen (secondary N) is 7. The van der Waals surface area contributed by atoms with E-state index in [9.17, 15) is 19.2 Å². The first-order valence-corrected chi connectivity index (χ1v) is 25.5. The van der Waals surface area contributed by atoms with Gasteiger partial charge in [-0.15, -0.1) is 12.4 Å². The van der Waals surface area contributed by atoms with E-state index in [2.05, 4.69) is 81.9 Å². The van der Waals surface area contributed by atoms with Gasteiger partial charge in [-0.25, -0.2) is 14.8 Å². The molecule has 4 aromatic heterocycles. The summed E-state index contributed by atoms with van der Waals surface area (Å²) in [6, 6.07) is 22.4. The number of nitrogens with zero attached hydrogens (tertiary/aromatic N) is 6. The summed E-state index contributed by atoms with van der Waals surface area (Å²) < 4.78 is 0. The number of hydrogen-bond donors (Lipinski definition) is 9. The molecule has 76 heavy (non-hydrogen) atoms. The van der Waals surface area contributed by atoms with Crippen LogP contribution in [0, 0.1) is 0 Å². The maximum Gasteiger partial charge on any atom is 0.337 e. The number of benzene rings is 2. The molecule has 4 unspecified atom stereocenters. The second-order valence-electron chi connectivity index (χ2n) is 18.0. The van der Waals surface area contributed by atoms with Crippen molar-refractivity contribution in [3.63, 3.8) is 0 Å². The number of likely N-dealkylation sites (N-methyl/N-ethyl adjacent to an activating group) is 2. The number of nitrogens with two attached hydrogens (primary N) is 1. The number of fused-ring (bicyclic) bond motifs is 4. The van der Waals surface area contributed by atoms with Crippen molar-refractivity contribution in [2.45, 2.75) is 62.7 Å². The number of aromatic carboxylic acids is 1. The van der Waals surface area contributed by atoms with Crippen LogP contribution in [0.25, 0.3) is 0 Å². The van der Waals surface area contributed by atoms with Crippen LogP contribution in [0.4, 0.5) is 11.6 Å². The molecule has 0 bridgehead atoms. The van der Waals surface area contributed by atoms with Gasteiger partial charge >= 0.3 is 5.97 Å². The summed E-state index contributed by atoms with van der Waals surface area (Å²) in [5.74, 6) is -0.952. The number of hydrazine groups is 2. The molecule has 3 amide bonds. The number of aryl methyl sites for hydroxylation is 4. The Hall–Kier alpha value is -7.27. The zero-order chi connectivity index (χ0) is 53.2. The van der Waals surface area contributed by atoms with Gasteiger partial charge in [0.25, 0.3) is 5.91 Å². The Labute approximate surface area is 465 Å². The van der Waals surface area contributed by atoms with Gasteiger partial charge in [0.05, 0.1) is 39.3 Å². The highest BCUT2D eigenvalue weighted by Crippen LogP contribution is 2.34. The standard InChI is InChI=1S/C26H26ClN7O2S.C21H18ClN5O2S.C5H10N2O.ClH/c1-34-11-9-21(25(34)36)30-24(35)17-12-20(27)23(29-13-17)32-33-26(37)31-22-18-5-3-2-4-15(18)6-7-16-8-10-28-14-19(16)22;22-17-9-14(20(28)29)10-24-19(17)26-27-21(30)25-18-15-4-2-1-3-12(15)5-6-13-7-8-23-11-16(13)18;1-7-3-2-4(6)5(7)8;/h2-5,8,10,12-14,21-22H,6-7,9,11H2,1H3,(H,29,32)(H,30,35)(H2,31,33,37);1-4,7-11,18H,5-6H2,(H,24,26)(H,28,29)(H2,25,27,30);4H,2-3,6H2,1H3;1H. The molecule has 0 spiro atoms. The van der Waals surface area contributed by atoms with Crippen molar-refractivity contribution in [2.75, 3.05) is 38.0 Å². The molecule has 6 aromatic rings. The third-order valence-corrected chi connectivity index (χ3v) is 14.1. The van der Waals surface area contributed by atoms with Crippen molar-refractivity contribution in [2.24, 2.45) is 5.73 Å². The van der Waals surface area contributed by atoms with Gasteiger partial charge in [0.15, 0.2) is 21.9 Å². The number of hydrogen-bond acceptors (Lipinski definition) is 13. The van der Waals surface area contributed by atoms with Gasteiger partial charge < -0.3 is 36.6 Å². The second kappa shape index (κ2) is 26.0. The van der Waals surface area contributed by atoms with Gasteiger partial charge in [-0.05, 0) is 121 Å². The van der Waals surface area contributed by atoms with E-state index in [-0.39, 0.29) is 69.3 Å². The molecule has 2 fully saturated rings. The Bertz CT molecular complexity index is 3030. The van der Waals surface area contributed by atoms with Crippen LogP contribution < -0.4 is 43.4 Å². The maximum absolute atomic E-state index is 12.6. The first-order valence-electron chi connectivity index (χ1n) is 23.9. The summed E-state index contributed by atoms with van der Waals surface area (Å²) >= 11 is 23.5. The number of likely N-dealkylation sites (tertiary alicyclic amines) is 2. The molecule has 4 atom stereocenters. The van der Waals surface area contributed by atoms with Gasteiger partial charge in [0.2, 0.25) is 11.8 Å². The third kappa shape index (κ3) is 13.8. The van der Waals surface area contributed by atoms with Crippen LogP contribution in [0.2, 0.25) is 10.0 Å². The number of carbonyl (C=O) groups excluding carboxylic acids is 3. The first kappa shape index (κ1) is 56.5. The van der Waals surface area contributed by atoms with Crippen LogP contribution in [0.3, 0.4) is 0 Å². The quantitative estimate of drug-likeness (QED) is 0.0606. The molecule has 2 aliphatic carbocycles. The summed E-state index contributed by atoms with van der Waals surface area (Å²) in [7, 11) is 3.49.